The number of nitrogens with one attached hydrogen (secondary N) is 1. The fourth-order valence-electron chi connectivity index (χ4n) is 2.73. The molecule has 1 N–H and O–H groups in total. The van der Waals surface area contributed by atoms with Crippen LogP contribution in [0.15, 0.2) is 54.6 Å². The van der Waals surface area contributed by atoms with Crippen LogP contribution in [0.2, 0.25) is 0 Å². The maximum absolute atomic E-state index is 12.1. The fourth-order valence-corrected chi connectivity index (χ4v) is 2.73. The van der Waals surface area contributed by atoms with Gasteiger partial charge in [0.05, 0.1) is 0 Å². The summed E-state index contributed by atoms with van der Waals surface area (Å²) < 4.78 is 11.3. The van der Waals surface area contributed by atoms with Gasteiger partial charge in [0.25, 0.3) is 5.91 Å². The SMILES string of the molecule is CCc1ccccc1OCC(=O)Nc1ccc(Oc2nc(C)cc(C)n2)cc1. The van der Waals surface area contributed by atoms with Crippen molar-refractivity contribution < 1.29 is 14.3 Å². The van der Waals surface area contributed by atoms with Crippen LogP contribution in [0.4, 0.5) is 5.69 Å². The van der Waals surface area contributed by atoms with Crippen LogP contribution in [0.25, 0.3) is 0 Å². The van der Waals surface area contributed by atoms with Crippen molar-refractivity contribution in [3.05, 3.63) is 71.5 Å². The predicted octanol–water partition coefficient (Wildman–Crippen LogP) is 4.47. The predicted molar refractivity (Wildman–Crippen MR) is 108 cm³/mol. The highest BCUT2D eigenvalue weighted by Crippen LogP contribution is 2.21. The summed E-state index contributed by atoms with van der Waals surface area (Å²) in [5, 5.41) is 2.81. The monoisotopic (exact) mass is 377 g/mol. The maximum atomic E-state index is 12.1. The van der Waals surface area contributed by atoms with Crippen molar-refractivity contribution in [2.45, 2.75) is 27.2 Å². The second-order valence-electron chi connectivity index (χ2n) is 6.36. The summed E-state index contributed by atoms with van der Waals surface area (Å²) in [6.45, 7) is 5.78. The van der Waals surface area contributed by atoms with E-state index in [1.807, 2.05) is 44.2 Å². The average molecular weight is 377 g/mol. The van der Waals surface area contributed by atoms with Gasteiger partial charge in [-0.3, -0.25) is 4.79 Å². The fraction of sp³-hybridized carbons (Fsp3) is 0.227. The van der Waals surface area contributed by atoms with Crippen LogP contribution in [-0.2, 0) is 11.2 Å². The Morgan fingerprint density at radius 3 is 2.36 bits per heavy atom. The number of anilines is 1. The quantitative estimate of drug-likeness (QED) is 0.658. The minimum atomic E-state index is -0.225. The van der Waals surface area contributed by atoms with E-state index in [-0.39, 0.29) is 12.5 Å². The van der Waals surface area contributed by atoms with Gasteiger partial charge in [-0.1, -0.05) is 25.1 Å². The Morgan fingerprint density at radius 2 is 1.68 bits per heavy atom. The Kier molecular flexibility index (Phi) is 6.22. The molecule has 0 aliphatic heterocycles. The Labute approximate surface area is 164 Å². The first-order chi connectivity index (χ1) is 13.5. The highest BCUT2D eigenvalue weighted by atomic mass is 16.5. The van der Waals surface area contributed by atoms with Gasteiger partial charge in [-0.2, -0.15) is 0 Å². The number of hydrogen-bond acceptors (Lipinski definition) is 5. The normalized spacial score (nSPS) is 10.4. The Morgan fingerprint density at radius 1 is 1.00 bits per heavy atom. The third-order valence-electron chi connectivity index (χ3n) is 4.02. The summed E-state index contributed by atoms with van der Waals surface area (Å²) in [6, 6.07) is 16.9. The van der Waals surface area contributed by atoms with Crippen LogP contribution in [0.5, 0.6) is 17.5 Å². The second kappa shape index (κ2) is 8.99. The number of carbonyl (C=O) groups is 1. The highest BCUT2D eigenvalue weighted by molar-refractivity contribution is 5.91. The van der Waals surface area contributed by atoms with Gasteiger partial charge in [-0.05, 0) is 62.2 Å². The zero-order chi connectivity index (χ0) is 19.9. The van der Waals surface area contributed by atoms with Crippen LogP contribution in [-0.4, -0.2) is 22.5 Å². The van der Waals surface area contributed by atoms with E-state index in [2.05, 4.69) is 22.2 Å². The summed E-state index contributed by atoms with van der Waals surface area (Å²) in [7, 11) is 0. The summed E-state index contributed by atoms with van der Waals surface area (Å²) in [5.41, 5.74) is 3.42. The van der Waals surface area contributed by atoms with Gasteiger partial charge in [-0.15, -0.1) is 0 Å². The topological polar surface area (TPSA) is 73.3 Å². The van der Waals surface area contributed by atoms with Crippen molar-refractivity contribution in [1.82, 2.24) is 9.97 Å². The van der Waals surface area contributed by atoms with Crippen molar-refractivity contribution in [2.24, 2.45) is 0 Å². The molecule has 0 saturated heterocycles. The first-order valence-corrected chi connectivity index (χ1v) is 9.14. The van der Waals surface area contributed by atoms with Crippen LogP contribution in [0.1, 0.15) is 23.9 Å². The van der Waals surface area contributed by atoms with Gasteiger partial charge in [-0.25, -0.2) is 9.97 Å². The summed E-state index contributed by atoms with van der Waals surface area (Å²) in [4.78, 5) is 20.6. The van der Waals surface area contributed by atoms with E-state index >= 15 is 0 Å². The van der Waals surface area contributed by atoms with Crippen LogP contribution in [0.3, 0.4) is 0 Å². The molecular formula is C22H23N3O3. The van der Waals surface area contributed by atoms with E-state index in [0.717, 1.165) is 29.1 Å². The molecule has 2 aromatic carbocycles. The zero-order valence-electron chi connectivity index (χ0n) is 16.2. The molecule has 3 rings (SSSR count). The summed E-state index contributed by atoms with van der Waals surface area (Å²) in [6.07, 6.45) is 0.851. The van der Waals surface area contributed by atoms with E-state index < -0.39 is 0 Å². The Hall–Kier alpha value is -3.41. The molecule has 0 unspecified atom stereocenters. The Balaban J connectivity index is 1.55. The number of rotatable bonds is 7. The molecule has 0 atom stereocenters. The van der Waals surface area contributed by atoms with E-state index in [9.17, 15) is 4.79 Å². The summed E-state index contributed by atoms with van der Waals surface area (Å²) >= 11 is 0. The molecule has 1 aromatic heterocycles. The van der Waals surface area contributed by atoms with E-state index in [1.54, 1.807) is 24.3 Å². The van der Waals surface area contributed by atoms with Crippen molar-refractivity contribution >= 4 is 11.6 Å². The molecule has 0 saturated carbocycles. The summed E-state index contributed by atoms with van der Waals surface area (Å²) in [5.74, 6) is 1.10. The van der Waals surface area contributed by atoms with Crippen molar-refractivity contribution in [3.8, 4) is 17.5 Å². The van der Waals surface area contributed by atoms with Crippen LogP contribution >= 0.6 is 0 Å². The molecule has 1 heterocycles. The molecule has 0 aliphatic carbocycles. The van der Waals surface area contributed by atoms with Gasteiger partial charge in [0.1, 0.15) is 11.5 Å². The first-order valence-electron chi connectivity index (χ1n) is 9.14. The lowest BCUT2D eigenvalue weighted by atomic mass is 10.1. The second-order valence-corrected chi connectivity index (χ2v) is 6.36. The number of benzene rings is 2. The van der Waals surface area contributed by atoms with Crippen molar-refractivity contribution in [2.75, 3.05) is 11.9 Å². The lowest BCUT2D eigenvalue weighted by Gasteiger charge is -2.11. The molecule has 0 aliphatic rings. The third-order valence-corrected chi connectivity index (χ3v) is 4.02. The zero-order valence-corrected chi connectivity index (χ0v) is 16.2. The van der Waals surface area contributed by atoms with Crippen LogP contribution < -0.4 is 14.8 Å². The number of carbonyl (C=O) groups excluding carboxylic acids is 1. The standard InChI is InChI=1S/C22H23N3O3/c1-4-17-7-5-6-8-20(17)27-14-21(26)25-18-9-11-19(12-10-18)28-22-23-15(2)13-16(3)24-22/h5-13H,4,14H2,1-3H3,(H,25,26). The minimum absolute atomic E-state index is 0.0499. The van der Waals surface area contributed by atoms with E-state index in [4.69, 9.17) is 9.47 Å². The maximum Gasteiger partial charge on any atom is 0.322 e. The van der Waals surface area contributed by atoms with Gasteiger partial charge < -0.3 is 14.8 Å². The number of aryl methyl sites for hydroxylation is 3. The number of aromatic nitrogens is 2. The van der Waals surface area contributed by atoms with Crippen molar-refractivity contribution in [1.29, 1.82) is 0 Å². The van der Waals surface area contributed by atoms with Crippen molar-refractivity contribution in [3.63, 3.8) is 0 Å². The van der Waals surface area contributed by atoms with Gasteiger partial charge in [0.15, 0.2) is 6.61 Å². The number of nitrogens with zero attached hydrogens (tertiary/aromatic N) is 2. The molecule has 0 bridgehead atoms. The number of hydrogen-bond donors (Lipinski definition) is 1. The number of para-hydroxylation sites is 1. The minimum Gasteiger partial charge on any atom is -0.483 e. The molecule has 1 amide bonds. The average Bonchev–Trinajstić information content (AvgIpc) is 2.67. The van der Waals surface area contributed by atoms with E-state index in [1.165, 1.54) is 0 Å². The van der Waals surface area contributed by atoms with Gasteiger partial charge in [0, 0.05) is 17.1 Å². The lowest BCUT2D eigenvalue weighted by molar-refractivity contribution is -0.118. The smallest absolute Gasteiger partial charge is 0.322 e. The third kappa shape index (κ3) is 5.30. The number of amides is 1. The molecule has 144 valence electrons. The molecule has 3 aromatic rings. The lowest BCUT2D eigenvalue weighted by Crippen LogP contribution is -2.20. The molecule has 6 heteroatoms. The van der Waals surface area contributed by atoms with Gasteiger partial charge >= 0.3 is 6.01 Å². The van der Waals surface area contributed by atoms with Crippen LogP contribution in [0, 0.1) is 13.8 Å². The Bertz CT molecular complexity index is 935. The molecule has 6 nitrogen and oxygen atoms in total. The molecular weight excluding hydrogens is 354 g/mol. The largest absolute Gasteiger partial charge is 0.483 e. The van der Waals surface area contributed by atoms with E-state index in [0.29, 0.717) is 17.4 Å². The molecule has 28 heavy (non-hydrogen) atoms. The van der Waals surface area contributed by atoms with Gasteiger partial charge in [0.2, 0.25) is 0 Å². The number of ether oxygens (including phenoxy) is 2. The molecule has 0 radical (unpaired) electrons. The molecule has 0 fully saturated rings. The molecule has 0 spiro atoms. The highest BCUT2D eigenvalue weighted by Gasteiger charge is 2.07. The first kappa shape index (κ1) is 19.4.